The largest absolute Gasteiger partial charge is 0.366 e. The smallest absolute Gasteiger partial charge is 0.161 e. The number of nitriles is 1. The Labute approximate surface area is 116 Å². The Hall–Kier alpha value is -2.06. The highest BCUT2D eigenvalue weighted by Gasteiger charge is 2.07. The minimum Gasteiger partial charge on any atom is -0.366 e. The van der Waals surface area contributed by atoms with E-state index in [0.29, 0.717) is 17.4 Å². The molecule has 2 aromatic rings. The van der Waals surface area contributed by atoms with Gasteiger partial charge in [-0.2, -0.15) is 10.4 Å². The number of aromatic nitrogens is 3. The molecule has 0 aromatic carbocycles. The number of halogens is 1. The Morgan fingerprint density at radius 2 is 2.26 bits per heavy atom. The molecule has 2 heterocycles. The maximum Gasteiger partial charge on any atom is 0.161 e. The summed E-state index contributed by atoms with van der Waals surface area (Å²) < 4.78 is 1.80. The molecule has 0 radical (unpaired) electrons. The lowest BCUT2D eigenvalue weighted by molar-refractivity contribution is 0.746. The molecule has 19 heavy (non-hydrogen) atoms. The summed E-state index contributed by atoms with van der Waals surface area (Å²) in [7, 11) is 1.90. The highest BCUT2D eigenvalue weighted by Crippen LogP contribution is 2.16. The molecule has 6 heteroatoms. The van der Waals surface area contributed by atoms with Gasteiger partial charge in [-0.05, 0) is 18.6 Å². The summed E-state index contributed by atoms with van der Waals surface area (Å²) in [6.07, 6.45) is 2.86. The summed E-state index contributed by atoms with van der Waals surface area (Å²) in [5, 5.41) is 16.8. The second-order valence-corrected chi connectivity index (χ2v) is 4.53. The van der Waals surface area contributed by atoms with Crippen molar-refractivity contribution in [1.29, 1.82) is 5.26 Å². The van der Waals surface area contributed by atoms with Crippen LogP contribution in [0.25, 0.3) is 0 Å². The van der Waals surface area contributed by atoms with Crippen LogP contribution in [-0.2, 0) is 20.0 Å². The van der Waals surface area contributed by atoms with Crippen LogP contribution in [-0.4, -0.2) is 14.8 Å². The highest BCUT2D eigenvalue weighted by atomic mass is 35.5. The molecule has 0 fully saturated rings. The van der Waals surface area contributed by atoms with Crippen molar-refractivity contribution in [3.05, 3.63) is 40.3 Å². The molecule has 0 unspecified atom stereocenters. The SMILES string of the molecule is CCc1nn(C)cc1CNc1ccc(Cl)c(C#N)n1. The highest BCUT2D eigenvalue weighted by molar-refractivity contribution is 6.31. The fraction of sp³-hybridized carbons (Fsp3) is 0.308. The van der Waals surface area contributed by atoms with Gasteiger partial charge in [-0.15, -0.1) is 0 Å². The van der Waals surface area contributed by atoms with E-state index in [9.17, 15) is 0 Å². The quantitative estimate of drug-likeness (QED) is 0.931. The van der Waals surface area contributed by atoms with Crippen LogP contribution in [0.4, 0.5) is 5.82 Å². The average molecular weight is 276 g/mol. The van der Waals surface area contributed by atoms with Crippen molar-refractivity contribution in [2.75, 3.05) is 5.32 Å². The molecule has 0 aliphatic heterocycles. The number of rotatable bonds is 4. The second-order valence-electron chi connectivity index (χ2n) is 4.12. The molecule has 2 aromatic heterocycles. The zero-order valence-electron chi connectivity index (χ0n) is 10.8. The van der Waals surface area contributed by atoms with Crippen LogP contribution >= 0.6 is 11.6 Å². The van der Waals surface area contributed by atoms with Gasteiger partial charge in [0.15, 0.2) is 5.69 Å². The van der Waals surface area contributed by atoms with E-state index in [-0.39, 0.29) is 5.69 Å². The van der Waals surface area contributed by atoms with E-state index in [1.807, 2.05) is 19.3 Å². The fourth-order valence-corrected chi connectivity index (χ4v) is 1.98. The van der Waals surface area contributed by atoms with E-state index in [4.69, 9.17) is 16.9 Å². The minimum atomic E-state index is 0.230. The van der Waals surface area contributed by atoms with Gasteiger partial charge in [0.2, 0.25) is 0 Å². The third-order valence-corrected chi connectivity index (χ3v) is 3.04. The fourth-order valence-electron chi connectivity index (χ4n) is 1.83. The van der Waals surface area contributed by atoms with Gasteiger partial charge in [0.25, 0.3) is 0 Å². The van der Waals surface area contributed by atoms with Crippen LogP contribution < -0.4 is 5.32 Å². The van der Waals surface area contributed by atoms with Gasteiger partial charge in [0, 0.05) is 25.4 Å². The summed E-state index contributed by atoms with van der Waals surface area (Å²) in [6, 6.07) is 5.38. The number of hydrogen-bond acceptors (Lipinski definition) is 4. The van der Waals surface area contributed by atoms with E-state index in [0.717, 1.165) is 17.7 Å². The van der Waals surface area contributed by atoms with Gasteiger partial charge in [0.05, 0.1) is 10.7 Å². The standard InChI is InChI=1S/C13H14ClN5/c1-3-11-9(8-19(2)18-11)7-16-13-5-4-10(14)12(6-15)17-13/h4-5,8H,3,7H2,1-2H3,(H,16,17). The van der Waals surface area contributed by atoms with Crippen molar-refractivity contribution >= 4 is 17.4 Å². The number of aryl methyl sites for hydroxylation is 2. The molecular weight excluding hydrogens is 262 g/mol. The third kappa shape index (κ3) is 3.04. The molecule has 0 spiro atoms. The molecule has 0 aliphatic carbocycles. The first-order valence-electron chi connectivity index (χ1n) is 5.96. The van der Waals surface area contributed by atoms with Gasteiger partial charge >= 0.3 is 0 Å². The summed E-state index contributed by atoms with van der Waals surface area (Å²) in [5.41, 5.74) is 2.42. The molecule has 0 amide bonds. The van der Waals surface area contributed by atoms with Crippen LogP contribution in [0.15, 0.2) is 18.3 Å². The molecule has 0 atom stereocenters. The summed E-state index contributed by atoms with van der Waals surface area (Å²) in [5.74, 6) is 0.631. The van der Waals surface area contributed by atoms with Crippen molar-refractivity contribution in [2.45, 2.75) is 19.9 Å². The zero-order chi connectivity index (χ0) is 13.8. The first-order chi connectivity index (χ1) is 9.13. The molecule has 0 saturated heterocycles. The lowest BCUT2D eigenvalue weighted by Gasteiger charge is -2.05. The van der Waals surface area contributed by atoms with Crippen LogP contribution in [0.2, 0.25) is 5.02 Å². The normalized spacial score (nSPS) is 10.2. The van der Waals surface area contributed by atoms with Crippen molar-refractivity contribution in [2.24, 2.45) is 7.05 Å². The summed E-state index contributed by atoms with van der Waals surface area (Å²) in [6.45, 7) is 2.69. The predicted molar refractivity (Wildman–Crippen MR) is 73.9 cm³/mol. The van der Waals surface area contributed by atoms with E-state index in [1.165, 1.54) is 0 Å². The Morgan fingerprint density at radius 3 is 2.95 bits per heavy atom. The molecule has 0 aliphatic rings. The number of anilines is 1. The molecule has 5 nitrogen and oxygen atoms in total. The average Bonchev–Trinajstić information content (AvgIpc) is 2.78. The van der Waals surface area contributed by atoms with Crippen molar-refractivity contribution in [1.82, 2.24) is 14.8 Å². The van der Waals surface area contributed by atoms with Gasteiger partial charge < -0.3 is 5.32 Å². The van der Waals surface area contributed by atoms with E-state index >= 15 is 0 Å². The van der Waals surface area contributed by atoms with Crippen LogP contribution in [0.1, 0.15) is 23.9 Å². The number of nitrogens with zero attached hydrogens (tertiary/aromatic N) is 4. The summed E-state index contributed by atoms with van der Waals surface area (Å²) in [4.78, 5) is 4.14. The number of nitrogens with one attached hydrogen (secondary N) is 1. The first kappa shape index (κ1) is 13.4. The third-order valence-electron chi connectivity index (χ3n) is 2.74. The van der Waals surface area contributed by atoms with Crippen molar-refractivity contribution < 1.29 is 0 Å². The predicted octanol–water partition coefficient (Wildman–Crippen LogP) is 2.51. The maximum atomic E-state index is 8.88. The van der Waals surface area contributed by atoms with E-state index in [1.54, 1.807) is 16.8 Å². The second kappa shape index (κ2) is 5.72. The van der Waals surface area contributed by atoms with E-state index in [2.05, 4.69) is 22.3 Å². The monoisotopic (exact) mass is 275 g/mol. The van der Waals surface area contributed by atoms with Crippen molar-refractivity contribution in [3.63, 3.8) is 0 Å². The molecule has 0 bridgehead atoms. The number of pyridine rings is 1. The van der Waals surface area contributed by atoms with E-state index < -0.39 is 0 Å². The maximum absolute atomic E-state index is 8.88. The Kier molecular flexibility index (Phi) is 4.03. The van der Waals surface area contributed by atoms with Gasteiger partial charge in [-0.1, -0.05) is 18.5 Å². The molecular formula is C13H14ClN5. The zero-order valence-corrected chi connectivity index (χ0v) is 11.6. The molecule has 0 saturated carbocycles. The Balaban J connectivity index is 2.12. The molecule has 1 N–H and O–H groups in total. The van der Waals surface area contributed by atoms with Gasteiger partial charge in [-0.25, -0.2) is 4.98 Å². The minimum absolute atomic E-state index is 0.230. The van der Waals surface area contributed by atoms with Gasteiger partial charge in [-0.3, -0.25) is 4.68 Å². The van der Waals surface area contributed by atoms with Crippen LogP contribution in [0.3, 0.4) is 0 Å². The lowest BCUT2D eigenvalue weighted by atomic mass is 10.2. The first-order valence-corrected chi connectivity index (χ1v) is 6.33. The Bertz CT molecular complexity index is 626. The van der Waals surface area contributed by atoms with Gasteiger partial charge in [0.1, 0.15) is 11.9 Å². The number of hydrogen-bond donors (Lipinski definition) is 1. The molecule has 98 valence electrons. The van der Waals surface area contributed by atoms with Crippen LogP contribution in [0.5, 0.6) is 0 Å². The Morgan fingerprint density at radius 1 is 1.47 bits per heavy atom. The topological polar surface area (TPSA) is 66.5 Å². The summed E-state index contributed by atoms with van der Waals surface area (Å²) >= 11 is 5.84. The van der Waals surface area contributed by atoms with Crippen LogP contribution in [0, 0.1) is 11.3 Å². The lowest BCUT2D eigenvalue weighted by Crippen LogP contribution is -2.03. The van der Waals surface area contributed by atoms with Crippen molar-refractivity contribution in [3.8, 4) is 6.07 Å². The molecule has 2 rings (SSSR count).